The molecule has 3 atom stereocenters. The van der Waals surface area contributed by atoms with Gasteiger partial charge in [-0.15, -0.1) is 0 Å². The fraction of sp³-hybridized carbons (Fsp3) is 0.927. The minimum absolute atomic E-state index is 0.144. The van der Waals surface area contributed by atoms with Crippen LogP contribution in [0.1, 0.15) is 213 Å². The van der Waals surface area contributed by atoms with Gasteiger partial charge in [-0.3, -0.25) is 18.6 Å². The third-order valence-corrected chi connectivity index (χ3v) is 10.6. The molecule has 0 aromatic heterocycles. The number of carbonyl (C=O) groups excluding carboxylic acids is 2. The number of carboxylic acid groups (broad SMARTS) is 1. The van der Waals surface area contributed by atoms with Crippen molar-refractivity contribution in [3.63, 3.8) is 0 Å². The van der Waals surface area contributed by atoms with Crippen LogP contribution in [0.2, 0.25) is 0 Å². The van der Waals surface area contributed by atoms with E-state index in [1.54, 1.807) is 0 Å². The zero-order valence-corrected chi connectivity index (χ0v) is 34.7. The molecule has 0 aliphatic rings. The van der Waals surface area contributed by atoms with E-state index in [0.717, 1.165) is 44.9 Å². The number of carboxylic acids is 1. The van der Waals surface area contributed by atoms with E-state index in [-0.39, 0.29) is 12.8 Å². The zero-order valence-electron chi connectivity index (χ0n) is 33.8. The van der Waals surface area contributed by atoms with Crippen molar-refractivity contribution >= 4 is 25.7 Å². The van der Waals surface area contributed by atoms with Crippen molar-refractivity contribution in [3.8, 4) is 0 Å². The average molecular weight is 778 g/mol. The Morgan fingerprint density at radius 1 is 0.528 bits per heavy atom. The lowest BCUT2D eigenvalue weighted by molar-refractivity contribution is -0.147. The molecule has 12 heteroatoms. The van der Waals surface area contributed by atoms with Crippen LogP contribution in [0.15, 0.2) is 0 Å². The molecule has 3 unspecified atom stereocenters. The molecule has 0 bridgehead atoms. The number of aliphatic hydroxyl groups is 1. The van der Waals surface area contributed by atoms with Crippen molar-refractivity contribution in [2.24, 2.45) is 0 Å². The van der Waals surface area contributed by atoms with Crippen LogP contribution >= 0.6 is 7.82 Å². The van der Waals surface area contributed by atoms with Gasteiger partial charge in [-0.2, -0.15) is 0 Å². The summed E-state index contributed by atoms with van der Waals surface area (Å²) < 4.78 is 26.6. The Balaban J connectivity index is 3.66. The molecule has 0 fully saturated rings. The molecule has 314 valence electrons. The van der Waals surface area contributed by atoms with Crippen molar-refractivity contribution in [2.75, 3.05) is 19.8 Å². The van der Waals surface area contributed by atoms with Crippen LogP contribution in [0, 0.1) is 0 Å². The maximum absolute atomic E-state index is 12.2. The number of phosphoric acid groups is 1. The Morgan fingerprint density at radius 2 is 0.868 bits per heavy atom. The molecule has 4 N–H and O–H groups in total. The molecular weight excluding hydrogens is 697 g/mol. The maximum atomic E-state index is 12.2. The van der Waals surface area contributed by atoms with Gasteiger partial charge in [0.15, 0.2) is 6.04 Å². The van der Waals surface area contributed by atoms with Crippen molar-refractivity contribution in [1.29, 1.82) is 0 Å². The number of phosphoric ester groups is 1. The number of nitrogens with one attached hydrogen (secondary N) is 1. The number of ether oxygens (including phenoxy) is 1. The van der Waals surface area contributed by atoms with Crippen LogP contribution in [-0.4, -0.2) is 64.9 Å². The summed E-state index contributed by atoms with van der Waals surface area (Å²) in [5.41, 5.74) is 0. The monoisotopic (exact) mass is 778 g/mol. The van der Waals surface area contributed by atoms with E-state index >= 15 is 0 Å². The van der Waals surface area contributed by atoms with Gasteiger partial charge in [0.25, 0.3) is 0 Å². The first-order valence-corrected chi connectivity index (χ1v) is 23.1. The van der Waals surface area contributed by atoms with Gasteiger partial charge in [0.2, 0.25) is 5.91 Å². The highest BCUT2D eigenvalue weighted by molar-refractivity contribution is 7.47. The van der Waals surface area contributed by atoms with Crippen LogP contribution in [0.5, 0.6) is 0 Å². The molecule has 0 spiro atoms. The third kappa shape index (κ3) is 37.2. The fourth-order valence-electron chi connectivity index (χ4n) is 6.26. The summed E-state index contributed by atoms with van der Waals surface area (Å²) in [4.78, 5) is 45.4. The molecule has 0 aliphatic carbocycles. The van der Waals surface area contributed by atoms with Crippen molar-refractivity contribution in [1.82, 2.24) is 5.32 Å². The van der Waals surface area contributed by atoms with Gasteiger partial charge in [-0.25, -0.2) is 9.36 Å². The van der Waals surface area contributed by atoms with Gasteiger partial charge < -0.3 is 25.2 Å². The number of hydrogen-bond acceptors (Lipinski definition) is 8. The molecule has 0 heterocycles. The lowest BCUT2D eigenvalue weighted by Gasteiger charge is -2.18. The molecule has 0 saturated heterocycles. The number of amides is 1. The Morgan fingerprint density at radius 3 is 1.25 bits per heavy atom. The highest BCUT2D eigenvalue weighted by Gasteiger charge is 2.28. The van der Waals surface area contributed by atoms with E-state index in [4.69, 9.17) is 13.8 Å². The molecule has 11 nitrogen and oxygen atoms in total. The van der Waals surface area contributed by atoms with E-state index < -0.39 is 57.6 Å². The predicted molar refractivity (Wildman–Crippen MR) is 213 cm³/mol. The summed E-state index contributed by atoms with van der Waals surface area (Å²) in [6, 6.07) is -1.54. The molecule has 0 radical (unpaired) electrons. The quantitative estimate of drug-likeness (QED) is 0.0266. The van der Waals surface area contributed by atoms with Crippen molar-refractivity contribution < 1.29 is 47.8 Å². The van der Waals surface area contributed by atoms with Gasteiger partial charge in [0.1, 0.15) is 12.7 Å². The minimum Gasteiger partial charge on any atom is -0.480 e. The highest BCUT2D eigenvalue weighted by atomic mass is 31.2. The molecule has 0 aromatic rings. The molecule has 53 heavy (non-hydrogen) atoms. The van der Waals surface area contributed by atoms with Crippen LogP contribution in [0.3, 0.4) is 0 Å². The number of rotatable bonds is 41. The van der Waals surface area contributed by atoms with Crippen molar-refractivity contribution in [3.05, 3.63) is 0 Å². The number of hydrogen-bond donors (Lipinski definition) is 4. The van der Waals surface area contributed by atoms with Crippen LogP contribution in [0.25, 0.3) is 0 Å². The lowest BCUT2D eigenvalue weighted by Crippen LogP contribution is -2.43. The van der Waals surface area contributed by atoms with Gasteiger partial charge in [0.05, 0.1) is 13.2 Å². The summed E-state index contributed by atoms with van der Waals surface area (Å²) in [6.45, 7) is 2.48. The van der Waals surface area contributed by atoms with Crippen molar-refractivity contribution in [2.45, 2.75) is 225 Å². The summed E-state index contributed by atoms with van der Waals surface area (Å²) in [6.07, 6.45) is 35.0. The second kappa shape index (κ2) is 37.4. The SMILES string of the molecule is CCCCCCCCCCCCCCCCCCCCCCCCCCC(=O)OCC(O)COP(=O)(O)OCC(NC(=O)CCCCCCC)C(=O)O. The average Bonchev–Trinajstić information content (AvgIpc) is 3.13. The molecule has 0 saturated carbocycles. The van der Waals surface area contributed by atoms with Gasteiger partial charge in [-0.05, 0) is 12.8 Å². The van der Waals surface area contributed by atoms with Gasteiger partial charge >= 0.3 is 19.8 Å². The normalized spacial score (nSPS) is 13.7. The Bertz CT molecular complexity index is 921. The smallest absolute Gasteiger partial charge is 0.472 e. The van der Waals surface area contributed by atoms with Crippen LogP contribution in [0.4, 0.5) is 0 Å². The van der Waals surface area contributed by atoms with E-state index in [0.29, 0.717) is 12.8 Å². The van der Waals surface area contributed by atoms with E-state index in [9.17, 15) is 34.1 Å². The second-order valence-electron chi connectivity index (χ2n) is 14.9. The summed E-state index contributed by atoms with van der Waals surface area (Å²) in [5.74, 6) is -2.38. The zero-order chi connectivity index (χ0) is 39.3. The third-order valence-electron chi connectivity index (χ3n) is 9.65. The van der Waals surface area contributed by atoms with Gasteiger partial charge in [-0.1, -0.05) is 187 Å². The topological polar surface area (TPSA) is 169 Å². The molecular formula is C41H80NO10P. The van der Waals surface area contributed by atoms with Crippen LogP contribution < -0.4 is 5.32 Å². The van der Waals surface area contributed by atoms with E-state index in [2.05, 4.69) is 19.2 Å². The number of esters is 1. The minimum atomic E-state index is -4.73. The molecule has 0 aliphatic heterocycles. The molecule has 1 amide bonds. The van der Waals surface area contributed by atoms with E-state index in [1.165, 1.54) is 128 Å². The van der Waals surface area contributed by atoms with Gasteiger partial charge in [0, 0.05) is 12.8 Å². The lowest BCUT2D eigenvalue weighted by atomic mass is 10.0. The first-order chi connectivity index (χ1) is 25.6. The summed E-state index contributed by atoms with van der Waals surface area (Å²) in [5, 5.41) is 21.6. The first kappa shape index (κ1) is 51.5. The van der Waals surface area contributed by atoms with E-state index in [1.807, 2.05) is 0 Å². The molecule has 0 aromatic carbocycles. The fourth-order valence-corrected chi connectivity index (χ4v) is 7.03. The second-order valence-corrected chi connectivity index (χ2v) is 16.4. The first-order valence-electron chi connectivity index (χ1n) is 21.6. The number of aliphatic carboxylic acids is 1. The number of carbonyl (C=O) groups is 3. The Kier molecular flexibility index (Phi) is 36.3. The summed E-state index contributed by atoms with van der Waals surface area (Å²) in [7, 11) is -4.73. The van der Waals surface area contributed by atoms with Crippen LogP contribution in [-0.2, 0) is 32.7 Å². The number of unbranched alkanes of at least 4 members (excludes halogenated alkanes) is 27. The molecule has 0 rings (SSSR count). The standard InChI is InChI=1S/C41H80NO10P/c1-3-5-7-9-10-11-12-13-14-15-16-17-18-19-20-21-22-23-24-25-26-27-29-31-33-40(45)50-34-37(43)35-51-53(48,49)52-36-38(41(46)47)42-39(44)32-30-28-8-6-4-2/h37-38,43H,3-36H2,1-2H3,(H,42,44)(H,46,47)(H,48,49). The Hall–Kier alpha value is -1.52. The number of aliphatic hydroxyl groups excluding tert-OH is 1. The predicted octanol–water partition coefficient (Wildman–Crippen LogP) is 10.7. The highest BCUT2D eigenvalue weighted by Crippen LogP contribution is 2.43. The Labute approximate surface area is 323 Å². The maximum Gasteiger partial charge on any atom is 0.472 e. The summed E-state index contributed by atoms with van der Waals surface area (Å²) >= 11 is 0. The largest absolute Gasteiger partial charge is 0.480 e.